The molecule has 0 bridgehead atoms. The Hall–Kier alpha value is -3.41. The highest BCUT2D eigenvalue weighted by Gasteiger charge is 2.19. The third-order valence-corrected chi connectivity index (χ3v) is 15.9. The maximum Gasteiger partial charge on any atom is 0.309 e. The summed E-state index contributed by atoms with van der Waals surface area (Å²) in [7, 11) is 0. The van der Waals surface area contributed by atoms with Gasteiger partial charge in [0.2, 0.25) is 0 Å². The minimum absolute atomic E-state index is 0.103. The van der Waals surface area contributed by atoms with Gasteiger partial charge < -0.3 is 14.2 Å². The van der Waals surface area contributed by atoms with Crippen LogP contribution in [-0.2, 0) is 28.6 Å². The highest BCUT2D eigenvalue weighted by atomic mass is 16.6. The third-order valence-electron chi connectivity index (χ3n) is 15.9. The monoisotopic (exact) mass is 1160 g/mol. The van der Waals surface area contributed by atoms with E-state index in [0.717, 1.165) is 77.0 Å². The molecule has 0 amide bonds. The topological polar surface area (TPSA) is 78.9 Å². The Labute approximate surface area is 515 Å². The van der Waals surface area contributed by atoms with Crippen LogP contribution in [0, 0.1) is 0 Å². The fourth-order valence-electron chi connectivity index (χ4n) is 10.6. The second-order valence-corrected chi connectivity index (χ2v) is 24.1. The van der Waals surface area contributed by atoms with E-state index in [1.807, 2.05) is 12.2 Å². The van der Waals surface area contributed by atoms with Crippen molar-refractivity contribution >= 4 is 17.9 Å². The van der Waals surface area contributed by atoms with Crippen molar-refractivity contribution in [2.45, 2.75) is 374 Å². The molecule has 0 aromatic heterocycles. The van der Waals surface area contributed by atoms with Gasteiger partial charge in [0.15, 0.2) is 6.10 Å². The first-order valence-electron chi connectivity index (χ1n) is 36.1. The van der Waals surface area contributed by atoms with Gasteiger partial charge in [-0.25, -0.2) is 0 Å². The summed E-state index contributed by atoms with van der Waals surface area (Å²) in [6.07, 6.45) is 95.1. The molecule has 1 atom stereocenters. The summed E-state index contributed by atoms with van der Waals surface area (Å²) in [6, 6.07) is 0. The van der Waals surface area contributed by atoms with Crippen molar-refractivity contribution in [3.05, 3.63) is 85.1 Å². The maximum atomic E-state index is 13.0. The highest BCUT2D eigenvalue weighted by Crippen LogP contribution is 2.18. The van der Waals surface area contributed by atoms with Crippen molar-refractivity contribution in [1.82, 2.24) is 0 Å². The molecule has 0 rings (SSSR count). The smallest absolute Gasteiger partial charge is 0.309 e. The molecule has 0 spiro atoms. The number of hydrogen-bond acceptors (Lipinski definition) is 6. The lowest BCUT2D eigenvalue weighted by atomic mass is 10.0. The van der Waals surface area contributed by atoms with E-state index in [2.05, 4.69) is 93.7 Å². The van der Waals surface area contributed by atoms with Crippen LogP contribution < -0.4 is 0 Å². The van der Waals surface area contributed by atoms with Gasteiger partial charge >= 0.3 is 17.9 Å². The predicted octanol–water partition coefficient (Wildman–Crippen LogP) is 25.0. The first-order chi connectivity index (χ1) is 41.0. The number of unbranched alkanes of at least 4 members (excludes halogenated alkanes) is 42. The van der Waals surface area contributed by atoms with Crippen molar-refractivity contribution in [2.24, 2.45) is 0 Å². The average Bonchev–Trinajstić information content (AvgIpc) is 3.49. The lowest BCUT2D eigenvalue weighted by Gasteiger charge is -2.18. The van der Waals surface area contributed by atoms with Crippen molar-refractivity contribution < 1.29 is 28.6 Å². The van der Waals surface area contributed by atoms with Crippen LogP contribution in [0.2, 0.25) is 0 Å². The number of ether oxygens (including phenoxy) is 3. The summed E-state index contributed by atoms with van der Waals surface area (Å²) < 4.78 is 16.9. The normalized spacial score (nSPS) is 12.6. The first kappa shape index (κ1) is 79.6. The van der Waals surface area contributed by atoms with Gasteiger partial charge in [-0.3, -0.25) is 14.4 Å². The summed E-state index contributed by atoms with van der Waals surface area (Å²) in [4.78, 5) is 38.4. The van der Waals surface area contributed by atoms with Crippen LogP contribution in [0.5, 0.6) is 0 Å². The standard InChI is InChI=1S/C77H136O6/c1-4-7-10-13-16-19-22-25-28-30-32-34-36-38-40-42-44-46-49-52-55-58-61-64-67-70-76(79)82-73-74(72-81-75(78)69-66-63-60-57-54-51-48-27-24-21-18-15-12-9-6-3)83-77(80)71-68-65-62-59-56-53-50-47-45-43-41-39-37-35-33-31-29-26-23-20-17-14-11-8-5-2/h9,12,18,21-22,25,27,30,32,48,54,57,63,66,74H,4-8,10-11,13-17,19-20,23-24,26,28-29,31,33-47,49-53,55-56,58-62,64-65,67-73H2,1-3H3/b12-9-,21-18-,25-22-,32-30-,48-27-,57-54-,66-63-. The molecule has 0 aliphatic rings. The van der Waals surface area contributed by atoms with E-state index in [-0.39, 0.29) is 31.6 Å². The molecule has 1 unspecified atom stereocenters. The lowest BCUT2D eigenvalue weighted by molar-refractivity contribution is -0.166. The van der Waals surface area contributed by atoms with E-state index < -0.39 is 12.1 Å². The molecule has 0 saturated carbocycles. The van der Waals surface area contributed by atoms with Crippen LogP contribution in [0.1, 0.15) is 367 Å². The van der Waals surface area contributed by atoms with Gasteiger partial charge in [-0.2, -0.15) is 0 Å². The zero-order valence-electron chi connectivity index (χ0n) is 55.2. The number of esters is 3. The zero-order valence-corrected chi connectivity index (χ0v) is 55.2. The predicted molar refractivity (Wildman–Crippen MR) is 362 cm³/mol. The molecule has 0 aliphatic carbocycles. The average molecular weight is 1160 g/mol. The summed E-state index contributed by atoms with van der Waals surface area (Å²) in [5.41, 5.74) is 0. The Bertz CT molecular complexity index is 1570. The second-order valence-electron chi connectivity index (χ2n) is 24.1. The van der Waals surface area contributed by atoms with Gasteiger partial charge in [-0.05, 0) is 77.0 Å². The molecule has 0 aromatic rings. The molecule has 0 heterocycles. The number of allylic oxidation sites excluding steroid dienone is 13. The molecular weight excluding hydrogens is 1020 g/mol. The maximum absolute atomic E-state index is 13.0. The zero-order chi connectivity index (χ0) is 59.9. The number of hydrogen-bond donors (Lipinski definition) is 0. The molecule has 0 aliphatic heterocycles. The minimum atomic E-state index is -0.817. The number of carbonyl (C=O) groups is 3. The Balaban J connectivity index is 4.33. The number of rotatable bonds is 66. The SMILES string of the molecule is CC/C=C\C/C=C\C/C=C\C/C=C\C/C=C\CC(=O)OCC(COC(=O)CCCCCCCCCCCCCCC/C=C\C/C=C\CCCCCCC)OC(=O)CCCCCCCCCCCCCCCCCCCCCCCCCCC. The van der Waals surface area contributed by atoms with Crippen LogP contribution in [-0.4, -0.2) is 37.2 Å². The van der Waals surface area contributed by atoms with Gasteiger partial charge in [-0.15, -0.1) is 0 Å². The molecular formula is C77H136O6. The summed E-state index contributed by atoms with van der Waals surface area (Å²) in [6.45, 7) is 6.49. The molecule has 83 heavy (non-hydrogen) atoms. The van der Waals surface area contributed by atoms with Crippen LogP contribution in [0.4, 0.5) is 0 Å². The molecule has 0 saturated heterocycles. The third kappa shape index (κ3) is 69.3. The minimum Gasteiger partial charge on any atom is -0.462 e. The van der Waals surface area contributed by atoms with Crippen LogP contribution in [0.25, 0.3) is 0 Å². The van der Waals surface area contributed by atoms with Crippen molar-refractivity contribution in [1.29, 1.82) is 0 Å². The van der Waals surface area contributed by atoms with Gasteiger partial charge in [-0.1, -0.05) is 356 Å². The largest absolute Gasteiger partial charge is 0.462 e. The Morgan fingerprint density at radius 2 is 0.518 bits per heavy atom. The highest BCUT2D eigenvalue weighted by molar-refractivity contribution is 5.72. The van der Waals surface area contributed by atoms with Crippen molar-refractivity contribution in [3.8, 4) is 0 Å². The van der Waals surface area contributed by atoms with Crippen molar-refractivity contribution in [3.63, 3.8) is 0 Å². The Morgan fingerprint density at radius 3 is 0.843 bits per heavy atom. The van der Waals surface area contributed by atoms with Crippen molar-refractivity contribution in [2.75, 3.05) is 13.2 Å². The van der Waals surface area contributed by atoms with E-state index in [9.17, 15) is 14.4 Å². The number of carbonyl (C=O) groups excluding carboxylic acids is 3. The molecule has 6 heteroatoms. The van der Waals surface area contributed by atoms with Gasteiger partial charge in [0.25, 0.3) is 0 Å². The van der Waals surface area contributed by atoms with Gasteiger partial charge in [0, 0.05) is 12.8 Å². The quantitative estimate of drug-likeness (QED) is 0.0261. The molecule has 0 aromatic carbocycles. The Morgan fingerprint density at radius 1 is 0.265 bits per heavy atom. The fraction of sp³-hybridized carbons (Fsp3) is 0.779. The Kier molecular flexibility index (Phi) is 68.2. The van der Waals surface area contributed by atoms with E-state index >= 15 is 0 Å². The first-order valence-corrected chi connectivity index (χ1v) is 36.1. The van der Waals surface area contributed by atoms with Crippen LogP contribution in [0.3, 0.4) is 0 Å². The van der Waals surface area contributed by atoms with E-state index in [1.165, 1.54) is 250 Å². The van der Waals surface area contributed by atoms with Crippen LogP contribution in [0.15, 0.2) is 85.1 Å². The summed E-state index contributed by atoms with van der Waals surface area (Å²) in [5, 5.41) is 0. The fourth-order valence-corrected chi connectivity index (χ4v) is 10.6. The molecule has 480 valence electrons. The molecule has 6 nitrogen and oxygen atoms in total. The van der Waals surface area contributed by atoms with Gasteiger partial charge in [0.1, 0.15) is 13.2 Å². The van der Waals surface area contributed by atoms with E-state index in [0.29, 0.717) is 12.8 Å². The molecule has 0 N–H and O–H groups in total. The van der Waals surface area contributed by atoms with Crippen LogP contribution >= 0.6 is 0 Å². The van der Waals surface area contributed by atoms with E-state index in [4.69, 9.17) is 14.2 Å². The molecule has 0 fully saturated rings. The van der Waals surface area contributed by atoms with Gasteiger partial charge in [0.05, 0.1) is 6.42 Å². The summed E-state index contributed by atoms with van der Waals surface area (Å²) >= 11 is 0. The molecule has 0 radical (unpaired) electrons. The summed E-state index contributed by atoms with van der Waals surface area (Å²) in [5.74, 6) is -1.02. The second kappa shape index (κ2) is 71.1. The van der Waals surface area contributed by atoms with E-state index in [1.54, 1.807) is 0 Å². The lowest BCUT2D eigenvalue weighted by Crippen LogP contribution is -2.30.